The predicted molar refractivity (Wildman–Crippen MR) is 101 cm³/mol. The van der Waals surface area contributed by atoms with E-state index < -0.39 is 0 Å². The second kappa shape index (κ2) is 5.73. The number of alkyl carbamates (subject to hydrolysis) is 1. The second-order valence-corrected chi connectivity index (χ2v) is 9.71. The molecule has 4 aliphatic rings. The molecule has 0 aromatic heterocycles. The second-order valence-electron chi connectivity index (χ2n) is 9.71. The zero-order valence-electron chi connectivity index (χ0n) is 16.2. The van der Waals surface area contributed by atoms with Crippen molar-refractivity contribution >= 4 is 12.0 Å². The van der Waals surface area contributed by atoms with E-state index in [1.54, 1.807) is 0 Å². The van der Waals surface area contributed by atoms with Crippen LogP contribution in [0.3, 0.4) is 0 Å². The summed E-state index contributed by atoms with van der Waals surface area (Å²) in [5.41, 5.74) is 2.98. The molecule has 5 nitrogen and oxygen atoms in total. The Morgan fingerprint density at radius 3 is 2.59 bits per heavy atom. The molecule has 0 bridgehead atoms. The quantitative estimate of drug-likeness (QED) is 0.889. The standard InChI is InChI=1S/C22H28N2O3/c1-14(2)15-4-3-5-16(6-15)17-7-21(8-17)11-24(12-21)19(25)18-9-22(10-18)13-27-20(26)23-22/h3-6,14,17-18H,7-13H2,1-2H3,(H,23,26)/t18-,22+. The van der Waals surface area contributed by atoms with Gasteiger partial charge in [0, 0.05) is 24.4 Å². The van der Waals surface area contributed by atoms with Gasteiger partial charge in [-0.25, -0.2) is 4.79 Å². The highest BCUT2D eigenvalue weighted by Crippen LogP contribution is 2.57. The maximum atomic E-state index is 12.7. The van der Waals surface area contributed by atoms with Gasteiger partial charge in [-0.2, -0.15) is 0 Å². The van der Waals surface area contributed by atoms with E-state index in [-0.39, 0.29) is 23.5 Å². The minimum atomic E-state index is -0.342. The fourth-order valence-corrected chi connectivity index (χ4v) is 5.60. The Labute approximate surface area is 160 Å². The third kappa shape index (κ3) is 2.74. The first-order chi connectivity index (χ1) is 12.9. The van der Waals surface area contributed by atoms with Crippen LogP contribution in [-0.2, 0) is 9.53 Å². The van der Waals surface area contributed by atoms with E-state index in [9.17, 15) is 9.59 Å². The summed E-state index contributed by atoms with van der Waals surface area (Å²) in [5, 5.41) is 2.87. The zero-order valence-corrected chi connectivity index (χ0v) is 16.2. The van der Waals surface area contributed by atoms with Gasteiger partial charge in [-0.3, -0.25) is 4.79 Å². The molecule has 2 spiro atoms. The van der Waals surface area contributed by atoms with Gasteiger partial charge in [-0.05, 0) is 48.6 Å². The predicted octanol–water partition coefficient (Wildman–Crippen LogP) is 3.40. The van der Waals surface area contributed by atoms with Crippen LogP contribution in [0.5, 0.6) is 0 Å². The Kier molecular flexibility index (Phi) is 3.62. The van der Waals surface area contributed by atoms with Crippen LogP contribution in [0.15, 0.2) is 24.3 Å². The zero-order chi connectivity index (χ0) is 18.8. The number of nitrogens with zero attached hydrogens (tertiary/aromatic N) is 1. The first-order valence-corrected chi connectivity index (χ1v) is 10.2. The van der Waals surface area contributed by atoms with Crippen LogP contribution in [0, 0.1) is 11.3 Å². The van der Waals surface area contributed by atoms with E-state index in [1.807, 2.05) is 4.90 Å². The summed E-state index contributed by atoms with van der Waals surface area (Å²) in [5.74, 6) is 1.55. The Hall–Kier alpha value is -2.04. The first-order valence-electron chi connectivity index (χ1n) is 10.2. The van der Waals surface area contributed by atoms with Crippen LogP contribution in [0.2, 0.25) is 0 Å². The average Bonchev–Trinajstić information content (AvgIpc) is 2.93. The fraction of sp³-hybridized carbons (Fsp3) is 0.636. The Balaban J connectivity index is 1.12. The van der Waals surface area contributed by atoms with Gasteiger partial charge in [-0.1, -0.05) is 38.1 Å². The Morgan fingerprint density at radius 1 is 1.22 bits per heavy atom. The number of likely N-dealkylation sites (tertiary alicyclic amines) is 1. The smallest absolute Gasteiger partial charge is 0.407 e. The first kappa shape index (κ1) is 17.1. The van der Waals surface area contributed by atoms with E-state index in [0.29, 0.717) is 23.9 Å². The molecule has 1 aromatic carbocycles. The fourth-order valence-electron chi connectivity index (χ4n) is 5.60. The van der Waals surface area contributed by atoms with Crippen LogP contribution in [0.25, 0.3) is 0 Å². The molecule has 144 valence electrons. The van der Waals surface area contributed by atoms with Crippen molar-refractivity contribution in [2.45, 2.75) is 56.9 Å². The van der Waals surface area contributed by atoms with E-state index in [1.165, 1.54) is 24.0 Å². The SMILES string of the molecule is CC(C)c1cccc(C2CC3(C2)CN(C(=O)[C@H]2C[C@]4(COC(=O)N4)C2)C3)c1. The van der Waals surface area contributed by atoms with Gasteiger partial charge in [0.15, 0.2) is 0 Å². The van der Waals surface area contributed by atoms with Gasteiger partial charge in [0.1, 0.15) is 6.61 Å². The summed E-state index contributed by atoms with van der Waals surface area (Å²) in [6.45, 7) is 6.72. The molecule has 2 amide bonds. The largest absolute Gasteiger partial charge is 0.447 e. The molecule has 2 heterocycles. The van der Waals surface area contributed by atoms with Crippen LogP contribution >= 0.6 is 0 Å². The molecule has 27 heavy (non-hydrogen) atoms. The summed E-state index contributed by atoms with van der Waals surface area (Å²) < 4.78 is 5.00. The molecule has 2 aliphatic heterocycles. The summed E-state index contributed by atoms with van der Waals surface area (Å²) >= 11 is 0. The number of nitrogens with one attached hydrogen (secondary N) is 1. The van der Waals surface area contributed by atoms with E-state index in [4.69, 9.17) is 4.74 Å². The van der Waals surface area contributed by atoms with E-state index >= 15 is 0 Å². The minimum Gasteiger partial charge on any atom is -0.447 e. The van der Waals surface area contributed by atoms with Crippen molar-refractivity contribution < 1.29 is 14.3 Å². The molecule has 1 N–H and O–H groups in total. The molecular formula is C22H28N2O3. The highest BCUT2D eigenvalue weighted by atomic mass is 16.6. The van der Waals surface area contributed by atoms with Gasteiger partial charge >= 0.3 is 6.09 Å². The monoisotopic (exact) mass is 368 g/mol. The van der Waals surface area contributed by atoms with E-state index in [0.717, 1.165) is 25.9 Å². The number of hydrogen-bond donors (Lipinski definition) is 1. The van der Waals surface area contributed by atoms with Crippen LogP contribution in [0.1, 0.15) is 62.5 Å². The Morgan fingerprint density at radius 2 is 1.96 bits per heavy atom. The number of ether oxygens (including phenoxy) is 1. The molecule has 2 saturated heterocycles. The van der Waals surface area contributed by atoms with Gasteiger partial charge in [0.25, 0.3) is 0 Å². The molecule has 5 heteroatoms. The third-order valence-electron chi connectivity index (χ3n) is 7.24. The van der Waals surface area contributed by atoms with Gasteiger partial charge < -0.3 is 15.0 Å². The summed E-state index contributed by atoms with van der Waals surface area (Å²) in [6, 6.07) is 9.03. The molecule has 2 saturated carbocycles. The van der Waals surface area contributed by atoms with Crippen LogP contribution in [0.4, 0.5) is 4.79 Å². The van der Waals surface area contributed by atoms with Crippen molar-refractivity contribution in [1.29, 1.82) is 0 Å². The molecule has 0 radical (unpaired) electrons. The lowest BCUT2D eigenvalue weighted by Gasteiger charge is -2.60. The highest BCUT2D eigenvalue weighted by Gasteiger charge is 2.58. The van der Waals surface area contributed by atoms with Crippen molar-refractivity contribution in [3.05, 3.63) is 35.4 Å². The maximum absolute atomic E-state index is 12.7. The maximum Gasteiger partial charge on any atom is 0.407 e. The van der Waals surface area contributed by atoms with E-state index in [2.05, 4.69) is 43.4 Å². The van der Waals surface area contributed by atoms with Gasteiger partial charge in [0.05, 0.1) is 5.54 Å². The number of carbonyl (C=O) groups excluding carboxylic acids is 2. The van der Waals surface area contributed by atoms with Gasteiger partial charge in [-0.15, -0.1) is 0 Å². The lowest BCUT2D eigenvalue weighted by molar-refractivity contribution is -0.161. The normalized spacial score (nSPS) is 27.7. The molecular weight excluding hydrogens is 340 g/mol. The van der Waals surface area contributed by atoms with Gasteiger partial charge in [0.2, 0.25) is 5.91 Å². The van der Waals surface area contributed by atoms with Crippen molar-refractivity contribution in [2.75, 3.05) is 19.7 Å². The summed E-state index contributed by atoms with van der Waals surface area (Å²) in [6.07, 6.45) is 3.52. The lowest BCUT2D eigenvalue weighted by atomic mass is 9.55. The molecule has 4 fully saturated rings. The highest BCUT2D eigenvalue weighted by molar-refractivity contribution is 5.82. The summed E-state index contributed by atoms with van der Waals surface area (Å²) in [4.78, 5) is 26.0. The lowest BCUT2D eigenvalue weighted by Crippen LogP contribution is -2.66. The molecule has 5 rings (SSSR count). The summed E-state index contributed by atoms with van der Waals surface area (Å²) in [7, 11) is 0. The number of amides is 2. The number of rotatable bonds is 3. The van der Waals surface area contributed by atoms with Crippen LogP contribution < -0.4 is 5.32 Å². The number of carbonyl (C=O) groups is 2. The third-order valence-corrected chi connectivity index (χ3v) is 7.24. The molecule has 0 unspecified atom stereocenters. The number of hydrogen-bond acceptors (Lipinski definition) is 3. The van der Waals surface area contributed by atoms with Crippen molar-refractivity contribution in [3.63, 3.8) is 0 Å². The minimum absolute atomic E-state index is 0.0583. The molecule has 2 aliphatic carbocycles. The Bertz CT molecular complexity index is 783. The number of cyclic esters (lactones) is 1. The molecule has 1 aromatic rings. The topological polar surface area (TPSA) is 58.6 Å². The molecule has 0 atom stereocenters. The van der Waals surface area contributed by atoms with Crippen molar-refractivity contribution in [3.8, 4) is 0 Å². The number of benzene rings is 1. The average molecular weight is 368 g/mol. The van der Waals surface area contributed by atoms with Crippen molar-refractivity contribution in [1.82, 2.24) is 10.2 Å². The van der Waals surface area contributed by atoms with Crippen molar-refractivity contribution in [2.24, 2.45) is 11.3 Å². The van der Waals surface area contributed by atoms with Crippen LogP contribution in [-0.4, -0.2) is 42.1 Å².